The third-order valence-corrected chi connectivity index (χ3v) is 6.71. The third-order valence-electron chi connectivity index (χ3n) is 5.45. The van der Waals surface area contributed by atoms with Gasteiger partial charge in [0.25, 0.3) is 0 Å². The van der Waals surface area contributed by atoms with E-state index in [1.165, 1.54) is 64.2 Å². The van der Waals surface area contributed by atoms with E-state index in [2.05, 4.69) is 20.9 Å². The number of ether oxygens (including phenoxy) is 1. The van der Waals surface area contributed by atoms with E-state index in [4.69, 9.17) is 4.74 Å². The summed E-state index contributed by atoms with van der Waals surface area (Å²) in [5.74, 6) is 0. The average molecular weight is 331 g/mol. The SMILES string of the molecule is SSN1CCOC(N(C2CCCCC2)C2CCCCC2)C1. The minimum Gasteiger partial charge on any atom is -0.360 e. The van der Waals surface area contributed by atoms with Crippen LogP contribution in [0.15, 0.2) is 0 Å². The fraction of sp³-hybridized carbons (Fsp3) is 1.00. The van der Waals surface area contributed by atoms with Crippen molar-refractivity contribution in [1.29, 1.82) is 0 Å². The summed E-state index contributed by atoms with van der Waals surface area (Å²) in [6.45, 7) is 2.88. The molecule has 1 heterocycles. The van der Waals surface area contributed by atoms with Crippen LogP contribution in [0.3, 0.4) is 0 Å². The summed E-state index contributed by atoms with van der Waals surface area (Å²) in [4.78, 5) is 2.80. The summed E-state index contributed by atoms with van der Waals surface area (Å²) in [5.41, 5.74) is 0. The molecule has 0 aromatic carbocycles. The second-order valence-corrected chi connectivity index (χ2v) is 8.00. The van der Waals surface area contributed by atoms with Crippen LogP contribution in [0.5, 0.6) is 0 Å². The summed E-state index contributed by atoms with van der Waals surface area (Å²) >= 11 is 4.40. The molecule has 0 aromatic rings. The lowest BCUT2D eigenvalue weighted by Gasteiger charge is -2.48. The molecule has 3 aliphatic rings. The Morgan fingerprint density at radius 3 is 2.00 bits per heavy atom. The van der Waals surface area contributed by atoms with E-state index in [0.717, 1.165) is 31.8 Å². The van der Waals surface area contributed by atoms with Crippen molar-refractivity contribution in [2.45, 2.75) is 82.5 Å². The van der Waals surface area contributed by atoms with Crippen LogP contribution in [0.4, 0.5) is 0 Å². The zero-order valence-corrected chi connectivity index (χ0v) is 14.8. The van der Waals surface area contributed by atoms with Gasteiger partial charge in [-0.05, 0) is 36.7 Å². The Hall–Kier alpha value is 0.580. The van der Waals surface area contributed by atoms with Crippen molar-refractivity contribution in [2.24, 2.45) is 0 Å². The van der Waals surface area contributed by atoms with E-state index >= 15 is 0 Å². The summed E-state index contributed by atoms with van der Waals surface area (Å²) in [5, 5.41) is 0. The van der Waals surface area contributed by atoms with Crippen molar-refractivity contribution < 1.29 is 4.74 Å². The fourth-order valence-electron chi connectivity index (χ4n) is 4.39. The second kappa shape index (κ2) is 8.44. The first-order chi connectivity index (χ1) is 10.4. The topological polar surface area (TPSA) is 15.7 Å². The first kappa shape index (κ1) is 16.4. The van der Waals surface area contributed by atoms with Crippen molar-refractivity contribution in [3.63, 3.8) is 0 Å². The van der Waals surface area contributed by atoms with E-state index in [1.54, 1.807) is 11.0 Å². The highest BCUT2D eigenvalue weighted by Crippen LogP contribution is 2.33. The highest BCUT2D eigenvalue weighted by atomic mass is 33.1. The molecule has 3 nitrogen and oxygen atoms in total. The molecule has 3 fully saturated rings. The molecule has 1 atom stereocenters. The van der Waals surface area contributed by atoms with Gasteiger partial charge in [0.2, 0.25) is 0 Å². The summed E-state index contributed by atoms with van der Waals surface area (Å²) < 4.78 is 8.57. The quantitative estimate of drug-likeness (QED) is 0.474. The highest BCUT2D eigenvalue weighted by Gasteiger charge is 2.36. The van der Waals surface area contributed by atoms with Crippen molar-refractivity contribution in [1.82, 2.24) is 9.21 Å². The molecule has 0 N–H and O–H groups in total. The van der Waals surface area contributed by atoms with Gasteiger partial charge in [0, 0.05) is 25.2 Å². The maximum Gasteiger partial charge on any atom is 0.124 e. The van der Waals surface area contributed by atoms with Crippen LogP contribution < -0.4 is 0 Å². The molecule has 2 saturated carbocycles. The van der Waals surface area contributed by atoms with Gasteiger partial charge in [0.05, 0.1) is 6.61 Å². The van der Waals surface area contributed by atoms with Crippen molar-refractivity contribution in [3.05, 3.63) is 0 Å². The highest BCUT2D eigenvalue weighted by molar-refractivity contribution is 8.67. The molecule has 1 aliphatic heterocycles. The molecule has 122 valence electrons. The number of hydrogen-bond donors (Lipinski definition) is 1. The lowest BCUT2D eigenvalue weighted by Crippen LogP contribution is -2.57. The Morgan fingerprint density at radius 1 is 0.905 bits per heavy atom. The molecule has 1 saturated heterocycles. The van der Waals surface area contributed by atoms with E-state index in [0.29, 0.717) is 6.23 Å². The lowest BCUT2D eigenvalue weighted by molar-refractivity contribution is -0.135. The second-order valence-electron chi connectivity index (χ2n) is 6.83. The van der Waals surface area contributed by atoms with E-state index < -0.39 is 0 Å². The lowest BCUT2D eigenvalue weighted by atomic mass is 9.88. The van der Waals surface area contributed by atoms with Crippen LogP contribution >= 0.6 is 22.6 Å². The van der Waals surface area contributed by atoms with Crippen LogP contribution in [-0.2, 0) is 4.74 Å². The first-order valence-electron chi connectivity index (χ1n) is 8.84. The van der Waals surface area contributed by atoms with Crippen LogP contribution in [0, 0.1) is 0 Å². The van der Waals surface area contributed by atoms with E-state index in [-0.39, 0.29) is 0 Å². The van der Waals surface area contributed by atoms with Crippen molar-refractivity contribution in [3.8, 4) is 0 Å². The summed E-state index contributed by atoms with van der Waals surface area (Å²) in [7, 11) is 1.58. The van der Waals surface area contributed by atoms with Gasteiger partial charge in [-0.3, -0.25) is 4.90 Å². The van der Waals surface area contributed by atoms with Gasteiger partial charge in [-0.15, -0.1) is 0 Å². The zero-order valence-electron chi connectivity index (χ0n) is 13.1. The van der Waals surface area contributed by atoms with Gasteiger partial charge >= 0.3 is 0 Å². The van der Waals surface area contributed by atoms with Gasteiger partial charge in [-0.1, -0.05) is 50.2 Å². The Kier molecular flexibility index (Phi) is 6.60. The van der Waals surface area contributed by atoms with Gasteiger partial charge in [0.1, 0.15) is 6.23 Å². The molecule has 21 heavy (non-hydrogen) atoms. The Balaban J connectivity index is 1.70. The molecular weight excluding hydrogens is 300 g/mol. The fourth-order valence-corrected chi connectivity index (χ4v) is 5.19. The summed E-state index contributed by atoms with van der Waals surface area (Å²) in [6, 6.07) is 1.52. The van der Waals surface area contributed by atoms with Gasteiger partial charge in [0.15, 0.2) is 0 Å². The average Bonchev–Trinajstić information content (AvgIpc) is 2.57. The van der Waals surface area contributed by atoms with Crippen molar-refractivity contribution in [2.75, 3.05) is 19.7 Å². The number of rotatable bonds is 4. The molecule has 0 radical (unpaired) electrons. The third kappa shape index (κ3) is 4.31. The smallest absolute Gasteiger partial charge is 0.124 e. The largest absolute Gasteiger partial charge is 0.360 e. The molecular formula is C16H30N2OS2. The Labute approximate surface area is 139 Å². The van der Waals surface area contributed by atoms with Gasteiger partial charge in [-0.2, -0.15) is 0 Å². The number of morpholine rings is 1. The molecule has 0 amide bonds. The molecule has 1 unspecified atom stereocenters. The normalized spacial score (nSPS) is 30.9. The van der Waals surface area contributed by atoms with Gasteiger partial charge in [-0.25, -0.2) is 4.31 Å². The molecule has 0 spiro atoms. The molecule has 0 aromatic heterocycles. The molecule has 5 heteroatoms. The van der Waals surface area contributed by atoms with Crippen LogP contribution in [0.2, 0.25) is 0 Å². The predicted molar refractivity (Wildman–Crippen MR) is 93.5 cm³/mol. The minimum absolute atomic E-state index is 0.296. The van der Waals surface area contributed by atoms with E-state index in [1.807, 2.05) is 0 Å². The van der Waals surface area contributed by atoms with Crippen LogP contribution in [-0.4, -0.2) is 47.2 Å². The van der Waals surface area contributed by atoms with Crippen LogP contribution in [0.25, 0.3) is 0 Å². The first-order valence-corrected chi connectivity index (χ1v) is 10.7. The standard InChI is InChI=1S/C16H30N2OS2/c20-21-17-11-12-19-16(13-17)18(14-7-3-1-4-8-14)15-9-5-2-6-10-15/h14-16,20H,1-13H2. The predicted octanol–water partition coefficient (Wildman–Crippen LogP) is 4.11. The Bertz CT molecular complexity index is 289. The summed E-state index contributed by atoms with van der Waals surface area (Å²) in [6.07, 6.45) is 14.3. The minimum atomic E-state index is 0.296. The molecule has 0 bridgehead atoms. The Morgan fingerprint density at radius 2 is 1.48 bits per heavy atom. The number of nitrogens with zero attached hydrogens (tertiary/aromatic N) is 2. The zero-order chi connectivity index (χ0) is 14.5. The number of hydrogen-bond acceptors (Lipinski definition) is 5. The number of thiol groups is 1. The maximum absolute atomic E-state index is 6.22. The molecule has 2 aliphatic carbocycles. The van der Waals surface area contributed by atoms with E-state index in [9.17, 15) is 0 Å². The van der Waals surface area contributed by atoms with Gasteiger partial charge < -0.3 is 4.74 Å². The van der Waals surface area contributed by atoms with Crippen LogP contribution in [0.1, 0.15) is 64.2 Å². The monoisotopic (exact) mass is 330 g/mol. The maximum atomic E-state index is 6.22. The van der Waals surface area contributed by atoms with Crippen molar-refractivity contribution >= 4 is 22.6 Å². The molecule has 3 rings (SSSR count).